The summed E-state index contributed by atoms with van der Waals surface area (Å²) >= 11 is 0. The number of nitrogens with zero attached hydrogens (tertiary/aromatic N) is 3. The molecule has 0 saturated carbocycles. The lowest BCUT2D eigenvalue weighted by Crippen LogP contribution is -2.18. The Morgan fingerprint density at radius 2 is 1.49 bits per heavy atom. The van der Waals surface area contributed by atoms with E-state index < -0.39 is 0 Å². The van der Waals surface area contributed by atoms with Gasteiger partial charge in [0.25, 0.3) is 0 Å². The third kappa shape index (κ3) is 5.09. The molecule has 184 valence electrons. The molecule has 0 fully saturated rings. The van der Waals surface area contributed by atoms with Crippen molar-refractivity contribution in [1.29, 1.82) is 0 Å². The predicted octanol–water partition coefficient (Wildman–Crippen LogP) is 6.85. The van der Waals surface area contributed by atoms with Gasteiger partial charge in [-0.15, -0.1) is 0 Å². The molecule has 2 aromatic heterocycles. The molecular weight excluding hydrogens is 456 g/mol. The molecule has 0 bridgehead atoms. The molecule has 6 heteroatoms. The van der Waals surface area contributed by atoms with Gasteiger partial charge >= 0.3 is 0 Å². The van der Waals surface area contributed by atoms with Crippen molar-refractivity contribution in [3.8, 4) is 0 Å². The number of hydrogen-bond donors (Lipinski definition) is 3. The Balaban J connectivity index is 1.40. The van der Waals surface area contributed by atoms with Gasteiger partial charge in [0.05, 0.1) is 41.4 Å². The fraction of sp³-hybridized carbons (Fsp3) is 0.194. The van der Waals surface area contributed by atoms with Crippen LogP contribution in [0.2, 0.25) is 0 Å². The highest BCUT2D eigenvalue weighted by Gasteiger charge is 2.16. The highest BCUT2D eigenvalue weighted by Crippen LogP contribution is 2.37. The van der Waals surface area contributed by atoms with E-state index in [0.29, 0.717) is 6.04 Å². The van der Waals surface area contributed by atoms with Gasteiger partial charge in [0.1, 0.15) is 0 Å². The summed E-state index contributed by atoms with van der Waals surface area (Å²) in [5.41, 5.74) is 10.5. The lowest BCUT2D eigenvalue weighted by molar-refractivity contribution is 0.683. The number of aliphatic imine (C=N–C) groups is 3. The summed E-state index contributed by atoms with van der Waals surface area (Å²) in [7, 11) is 0. The van der Waals surface area contributed by atoms with Crippen molar-refractivity contribution in [2.24, 2.45) is 15.0 Å². The van der Waals surface area contributed by atoms with E-state index in [1.54, 1.807) is 0 Å². The monoisotopic (exact) mass is 486 g/mol. The zero-order valence-electron chi connectivity index (χ0n) is 21.3. The number of nitrogens with one attached hydrogen (secondary N) is 3. The topological polar surface area (TPSA) is 80.7 Å². The Kier molecular flexibility index (Phi) is 5.93. The molecule has 1 atom stereocenters. The maximum atomic E-state index is 4.83. The Bertz CT molecular complexity index is 1640. The van der Waals surface area contributed by atoms with E-state index in [1.807, 2.05) is 44.6 Å². The van der Waals surface area contributed by atoms with Crippen molar-refractivity contribution in [2.45, 2.75) is 39.7 Å². The first-order valence-electron chi connectivity index (χ1n) is 12.7. The zero-order chi connectivity index (χ0) is 25.4. The molecule has 4 aromatic rings. The smallest absolute Gasteiger partial charge is 0.0642 e. The van der Waals surface area contributed by atoms with Gasteiger partial charge in [0.2, 0.25) is 0 Å². The van der Waals surface area contributed by atoms with Crippen LogP contribution < -0.4 is 5.32 Å². The molecule has 2 aromatic carbocycles. The number of hydrogen-bond acceptors (Lipinski definition) is 4. The zero-order valence-corrected chi connectivity index (χ0v) is 21.3. The molecule has 1 aliphatic carbocycles. The standard InChI is InChI=1S/C31H30N6/c1-19-4-7-25(35-19)16-32-28-10-22-12-29(33-17-26-8-5-20(2)36-26)14-24-15-30(13-23(11-28)31(22)24)34-18-27-9-6-21(3)37-27/h4-5,7-11,13-18,21,35-37H,6,12H2,1-3H3. The van der Waals surface area contributed by atoms with Gasteiger partial charge in [-0.05, 0) is 104 Å². The molecule has 6 nitrogen and oxygen atoms in total. The summed E-state index contributed by atoms with van der Waals surface area (Å²) in [6.07, 6.45) is 11.9. The van der Waals surface area contributed by atoms with Gasteiger partial charge in [-0.3, -0.25) is 15.0 Å². The van der Waals surface area contributed by atoms with Crippen molar-refractivity contribution in [3.05, 3.63) is 99.9 Å². The lowest BCUT2D eigenvalue weighted by Gasteiger charge is -2.17. The minimum atomic E-state index is 0.456. The molecule has 37 heavy (non-hydrogen) atoms. The third-order valence-corrected chi connectivity index (χ3v) is 6.71. The number of aromatic amines is 2. The van der Waals surface area contributed by atoms with Crippen molar-refractivity contribution in [1.82, 2.24) is 15.3 Å². The number of allylic oxidation sites excluding steroid dienone is 2. The second-order valence-electron chi connectivity index (χ2n) is 9.96. The molecule has 6 rings (SSSR count). The number of aromatic nitrogens is 2. The summed E-state index contributed by atoms with van der Waals surface area (Å²) in [6, 6.07) is 17.3. The summed E-state index contributed by atoms with van der Waals surface area (Å²) in [4.78, 5) is 21.1. The van der Waals surface area contributed by atoms with E-state index >= 15 is 0 Å². The van der Waals surface area contributed by atoms with Crippen LogP contribution in [0.1, 0.15) is 47.2 Å². The molecule has 0 radical (unpaired) electrons. The largest absolute Gasteiger partial charge is 0.381 e. The van der Waals surface area contributed by atoms with Crippen LogP contribution in [-0.2, 0) is 6.42 Å². The summed E-state index contributed by atoms with van der Waals surface area (Å²) in [6.45, 7) is 6.27. The molecule has 2 aliphatic rings. The van der Waals surface area contributed by atoms with Gasteiger partial charge < -0.3 is 15.3 Å². The lowest BCUT2D eigenvalue weighted by atomic mass is 9.90. The average Bonchev–Trinajstić information content (AvgIpc) is 3.61. The Morgan fingerprint density at radius 1 is 0.811 bits per heavy atom. The fourth-order valence-electron chi connectivity index (χ4n) is 4.96. The predicted molar refractivity (Wildman–Crippen MR) is 155 cm³/mol. The van der Waals surface area contributed by atoms with E-state index in [9.17, 15) is 0 Å². The first-order valence-corrected chi connectivity index (χ1v) is 12.7. The van der Waals surface area contributed by atoms with Crippen LogP contribution >= 0.6 is 0 Å². The number of H-pyrrole nitrogens is 2. The third-order valence-electron chi connectivity index (χ3n) is 6.71. The summed E-state index contributed by atoms with van der Waals surface area (Å²) in [5, 5.41) is 5.83. The quantitative estimate of drug-likeness (QED) is 0.256. The second-order valence-corrected chi connectivity index (χ2v) is 9.96. The molecule has 3 heterocycles. The van der Waals surface area contributed by atoms with E-state index in [0.717, 1.165) is 69.3 Å². The molecule has 0 spiro atoms. The maximum absolute atomic E-state index is 4.83. The number of rotatable bonds is 6. The van der Waals surface area contributed by atoms with Gasteiger partial charge in [-0.1, -0.05) is 6.08 Å². The molecular formula is C31H30N6. The van der Waals surface area contributed by atoms with E-state index in [4.69, 9.17) is 15.0 Å². The van der Waals surface area contributed by atoms with Crippen LogP contribution in [-0.4, -0.2) is 34.7 Å². The molecule has 0 saturated heterocycles. The van der Waals surface area contributed by atoms with Crippen molar-refractivity contribution >= 4 is 46.9 Å². The van der Waals surface area contributed by atoms with E-state index in [-0.39, 0.29) is 0 Å². The Morgan fingerprint density at radius 3 is 2.14 bits per heavy atom. The van der Waals surface area contributed by atoms with Crippen molar-refractivity contribution in [2.75, 3.05) is 0 Å². The van der Waals surface area contributed by atoms with E-state index in [1.165, 1.54) is 10.9 Å². The van der Waals surface area contributed by atoms with Gasteiger partial charge in [0, 0.05) is 35.2 Å². The van der Waals surface area contributed by atoms with E-state index in [2.05, 4.69) is 70.8 Å². The minimum absolute atomic E-state index is 0.456. The first kappa shape index (κ1) is 23.0. The Labute approximate surface area is 216 Å². The molecule has 1 aliphatic heterocycles. The van der Waals surface area contributed by atoms with Crippen LogP contribution in [0.4, 0.5) is 11.4 Å². The Hall–Kier alpha value is -4.45. The molecule has 3 N–H and O–H groups in total. The van der Waals surface area contributed by atoms with Crippen LogP contribution in [0.3, 0.4) is 0 Å². The molecule has 1 unspecified atom stereocenters. The first-order chi connectivity index (χ1) is 18.0. The van der Waals surface area contributed by atoms with Crippen LogP contribution in [0, 0.1) is 13.8 Å². The molecule has 0 amide bonds. The van der Waals surface area contributed by atoms with Crippen LogP contribution in [0.5, 0.6) is 0 Å². The fourth-order valence-corrected chi connectivity index (χ4v) is 4.96. The van der Waals surface area contributed by atoms with Crippen LogP contribution in [0.25, 0.3) is 16.8 Å². The van der Waals surface area contributed by atoms with Gasteiger partial charge in [0.15, 0.2) is 0 Å². The summed E-state index contributed by atoms with van der Waals surface area (Å²) in [5.74, 6) is 0. The maximum Gasteiger partial charge on any atom is 0.0642 e. The highest BCUT2D eigenvalue weighted by atomic mass is 15.0. The average molecular weight is 487 g/mol. The van der Waals surface area contributed by atoms with Crippen LogP contribution in [0.15, 0.2) is 81.0 Å². The van der Waals surface area contributed by atoms with Gasteiger partial charge in [-0.25, -0.2) is 0 Å². The second kappa shape index (κ2) is 9.54. The minimum Gasteiger partial charge on any atom is -0.381 e. The number of aryl methyl sites for hydroxylation is 2. The van der Waals surface area contributed by atoms with Crippen molar-refractivity contribution < 1.29 is 0 Å². The SMILES string of the molecule is Cc1ccc(C=NC2=Cc3cc(N=CC4=CCC(C)N4)cc4cc(N=Cc5ccc(C)[nH]5)cc(c34)C2)[nH]1. The van der Waals surface area contributed by atoms with Gasteiger partial charge in [-0.2, -0.15) is 0 Å². The van der Waals surface area contributed by atoms with Crippen molar-refractivity contribution in [3.63, 3.8) is 0 Å². The highest BCUT2D eigenvalue weighted by molar-refractivity contribution is 6.00. The number of benzene rings is 2. The summed E-state index contributed by atoms with van der Waals surface area (Å²) < 4.78 is 0. The normalized spacial score (nSPS) is 17.3.